The van der Waals surface area contributed by atoms with Gasteiger partial charge in [-0.3, -0.25) is 0 Å². The van der Waals surface area contributed by atoms with E-state index >= 15 is 0 Å². The minimum absolute atomic E-state index is 0.218. The van der Waals surface area contributed by atoms with Gasteiger partial charge in [-0.05, 0) is 38.0 Å². The number of benzene rings is 1. The third kappa shape index (κ3) is 5.49. The second kappa shape index (κ2) is 8.96. The van der Waals surface area contributed by atoms with Crippen LogP contribution in [0.4, 0.5) is 4.39 Å². The van der Waals surface area contributed by atoms with E-state index in [2.05, 4.69) is 6.92 Å². The monoisotopic (exact) mass is 281 g/mol. The molecule has 0 heterocycles. The Morgan fingerprint density at radius 2 is 1.80 bits per heavy atom. The van der Waals surface area contributed by atoms with Crippen LogP contribution in [-0.4, -0.2) is 6.61 Å². The number of halogens is 1. The van der Waals surface area contributed by atoms with Crippen molar-refractivity contribution >= 4 is 0 Å². The first-order valence-electron chi connectivity index (χ1n) is 7.74. The Balaban J connectivity index is 2.45. The zero-order chi connectivity index (χ0) is 15.0. The summed E-state index contributed by atoms with van der Waals surface area (Å²) in [4.78, 5) is 0. The Morgan fingerprint density at radius 1 is 1.15 bits per heavy atom. The fourth-order valence-corrected chi connectivity index (χ4v) is 2.22. The zero-order valence-electron chi connectivity index (χ0n) is 13.0. The number of hydrogen-bond donors (Lipinski definition) is 1. The maximum absolute atomic E-state index is 13.6. The van der Waals surface area contributed by atoms with E-state index in [0.717, 1.165) is 17.7 Å². The smallest absolute Gasteiger partial charge is 0.126 e. The summed E-state index contributed by atoms with van der Waals surface area (Å²) in [7, 11) is 0. The Bertz CT molecular complexity index is 404. The lowest BCUT2D eigenvalue weighted by Gasteiger charge is -2.15. The van der Waals surface area contributed by atoms with Gasteiger partial charge in [-0.1, -0.05) is 39.0 Å². The van der Waals surface area contributed by atoms with Crippen molar-refractivity contribution in [3.8, 4) is 5.75 Å². The molecule has 0 saturated heterocycles. The first-order chi connectivity index (χ1) is 9.56. The third-order valence-corrected chi connectivity index (χ3v) is 3.54. The molecule has 0 fully saturated rings. The van der Waals surface area contributed by atoms with Crippen LogP contribution >= 0.6 is 0 Å². The molecule has 0 aliphatic carbocycles. The number of unbranched alkanes of at least 4 members (excludes halogenated alkanes) is 5. The molecular weight excluding hydrogens is 253 g/mol. The lowest BCUT2D eigenvalue weighted by atomic mass is 10.1. The van der Waals surface area contributed by atoms with Crippen molar-refractivity contribution in [2.45, 2.75) is 65.3 Å². The second-order valence-corrected chi connectivity index (χ2v) is 5.54. The average molecular weight is 281 g/mol. The minimum Gasteiger partial charge on any atom is -0.493 e. The van der Waals surface area contributed by atoms with Crippen molar-refractivity contribution in [1.82, 2.24) is 0 Å². The van der Waals surface area contributed by atoms with Crippen molar-refractivity contribution in [3.63, 3.8) is 0 Å². The minimum atomic E-state index is -0.218. The predicted molar refractivity (Wildman–Crippen MR) is 82.6 cm³/mol. The average Bonchev–Trinajstić information content (AvgIpc) is 2.41. The molecule has 2 nitrogen and oxygen atoms in total. The van der Waals surface area contributed by atoms with Crippen LogP contribution in [0.2, 0.25) is 0 Å². The molecule has 1 atom stereocenters. The first kappa shape index (κ1) is 17.0. The summed E-state index contributed by atoms with van der Waals surface area (Å²) in [5, 5.41) is 0. The van der Waals surface area contributed by atoms with Gasteiger partial charge in [0, 0.05) is 11.6 Å². The van der Waals surface area contributed by atoms with Crippen LogP contribution in [0.1, 0.15) is 69.5 Å². The van der Waals surface area contributed by atoms with Crippen molar-refractivity contribution in [1.29, 1.82) is 0 Å². The van der Waals surface area contributed by atoms with Gasteiger partial charge in [0.25, 0.3) is 0 Å². The molecular formula is C17H28FNO. The van der Waals surface area contributed by atoms with Crippen LogP contribution in [0.3, 0.4) is 0 Å². The van der Waals surface area contributed by atoms with Crippen LogP contribution in [0, 0.1) is 12.7 Å². The molecule has 0 saturated carbocycles. The van der Waals surface area contributed by atoms with Gasteiger partial charge in [-0.25, -0.2) is 4.39 Å². The molecule has 0 aliphatic heterocycles. The van der Waals surface area contributed by atoms with Gasteiger partial charge in [0.2, 0.25) is 0 Å². The molecule has 0 radical (unpaired) electrons. The van der Waals surface area contributed by atoms with Crippen LogP contribution in [0.5, 0.6) is 5.75 Å². The van der Waals surface area contributed by atoms with E-state index in [1.807, 2.05) is 6.92 Å². The SMILES string of the molecule is CCCCCCCCOc1cc(C)c(F)cc1[C@H](C)N. The van der Waals surface area contributed by atoms with Crippen LogP contribution in [-0.2, 0) is 0 Å². The van der Waals surface area contributed by atoms with E-state index in [1.54, 1.807) is 13.0 Å². The molecule has 20 heavy (non-hydrogen) atoms. The van der Waals surface area contributed by atoms with Crippen LogP contribution < -0.4 is 10.5 Å². The first-order valence-corrected chi connectivity index (χ1v) is 7.74. The Hall–Kier alpha value is -1.09. The van der Waals surface area contributed by atoms with Crippen LogP contribution in [0.15, 0.2) is 12.1 Å². The normalized spacial score (nSPS) is 12.4. The molecule has 1 aromatic rings. The van der Waals surface area contributed by atoms with E-state index < -0.39 is 0 Å². The number of aryl methyl sites for hydroxylation is 1. The van der Waals surface area contributed by atoms with Gasteiger partial charge in [0.05, 0.1) is 6.61 Å². The Labute approximate surface area is 122 Å². The highest BCUT2D eigenvalue weighted by Gasteiger charge is 2.12. The zero-order valence-corrected chi connectivity index (χ0v) is 13.0. The topological polar surface area (TPSA) is 35.2 Å². The fraction of sp³-hybridized carbons (Fsp3) is 0.647. The largest absolute Gasteiger partial charge is 0.493 e. The molecule has 1 rings (SSSR count). The molecule has 0 amide bonds. The highest BCUT2D eigenvalue weighted by atomic mass is 19.1. The molecule has 0 unspecified atom stereocenters. The quantitative estimate of drug-likeness (QED) is 0.654. The van der Waals surface area contributed by atoms with E-state index in [0.29, 0.717) is 12.2 Å². The highest BCUT2D eigenvalue weighted by Crippen LogP contribution is 2.27. The molecule has 0 bridgehead atoms. The summed E-state index contributed by atoms with van der Waals surface area (Å²) >= 11 is 0. The standard InChI is InChI=1S/C17H28FNO/c1-4-5-6-7-8-9-10-20-17-11-13(2)16(18)12-15(17)14(3)19/h11-12,14H,4-10,19H2,1-3H3/t14-/m0/s1. The summed E-state index contributed by atoms with van der Waals surface area (Å²) in [6, 6.07) is 3.03. The fourth-order valence-electron chi connectivity index (χ4n) is 2.22. The van der Waals surface area contributed by atoms with E-state index in [9.17, 15) is 4.39 Å². The maximum Gasteiger partial charge on any atom is 0.126 e. The van der Waals surface area contributed by atoms with Gasteiger partial charge < -0.3 is 10.5 Å². The predicted octanol–water partition coefficient (Wildman–Crippen LogP) is 4.89. The second-order valence-electron chi connectivity index (χ2n) is 5.54. The van der Waals surface area contributed by atoms with Crippen molar-refractivity contribution in [2.24, 2.45) is 5.73 Å². The van der Waals surface area contributed by atoms with Gasteiger partial charge in [-0.2, -0.15) is 0 Å². The van der Waals surface area contributed by atoms with Gasteiger partial charge in [0.1, 0.15) is 11.6 Å². The summed E-state index contributed by atoms with van der Waals surface area (Å²) < 4.78 is 19.4. The van der Waals surface area contributed by atoms with E-state index in [-0.39, 0.29) is 11.9 Å². The van der Waals surface area contributed by atoms with Crippen molar-refractivity contribution < 1.29 is 9.13 Å². The Kier molecular flexibility index (Phi) is 7.60. The highest BCUT2D eigenvalue weighted by molar-refractivity contribution is 5.39. The summed E-state index contributed by atoms with van der Waals surface area (Å²) in [5.41, 5.74) is 7.23. The number of ether oxygens (including phenoxy) is 1. The maximum atomic E-state index is 13.6. The number of rotatable bonds is 9. The molecule has 3 heteroatoms. The van der Waals surface area contributed by atoms with Gasteiger partial charge >= 0.3 is 0 Å². The lowest BCUT2D eigenvalue weighted by molar-refractivity contribution is 0.299. The molecule has 2 N–H and O–H groups in total. The van der Waals surface area contributed by atoms with Gasteiger partial charge in [0.15, 0.2) is 0 Å². The van der Waals surface area contributed by atoms with Crippen molar-refractivity contribution in [2.75, 3.05) is 6.61 Å². The summed E-state index contributed by atoms with van der Waals surface area (Å²) in [6.45, 7) is 6.49. The Morgan fingerprint density at radius 3 is 2.45 bits per heavy atom. The molecule has 114 valence electrons. The number of nitrogens with two attached hydrogens (primary N) is 1. The molecule has 0 aliphatic rings. The third-order valence-electron chi connectivity index (χ3n) is 3.54. The van der Waals surface area contributed by atoms with Gasteiger partial charge in [-0.15, -0.1) is 0 Å². The van der Waals surface area contributed by atoms with E-state index in [4.69, 9.17) is 10.5 Å². The van der Waals surface area contributed by atoms with Crippen molar-refractivity contribution in [3.05, 3.63) is 29.1 Å². The van der Waals surface area contributed by atoms with Crippen LogP contribution in [0.25, 0.3) is 0 Å². The lowest BCUT2D eigenvalue weighted by Crippen LogP contribution is -2.10. The molecule has 0 spiro atoms. The van der Waals surface area contributed by atoms with E-state index in [1.165, 1.54) is 38.2 Å². The summed E-state index contributed by atoms with van der Waals surface area (Å²) in [5.74, 6) is 0.511. The molecule has 1 aromatic carbocycles. The number of hydrogen-bond acceptors (Lipinski definition) is 2. The summed E-state index contributed by atoms with van der Waals surface area (Å²) in [6.07, 6.45) is 7.37. The molecule has 0 aromatic heterocycles.